The van der Waals surface area contributed by atoms with Gasteiger partial charge in [-0.15, -0.1) is 0 Å². The van der Waals surface area contributed by atoms with Crippen molar-refractivity contribution < 1.29 is 24.1 Å². The maximum atomic E-state index is 12.0. The maximum absolute atomic E-state index is 12.0. The number of fused-ring (bicyclic) bond motifs is 1. The van der Waals surface area contributed by atoms with Gasteiger partial charge >= 0.3 is 5.97 Å². The minimum absolute atomic E-state index is 0.139. The minimum atomic E-state index is -1.28. The molecule has 0 bridgehead atoms. The predicted octanol–water partition coefficient (Wildman–Crippen LogP) is 0.583. The molecule has 0 spiro atoms. The van der Waals surface area contributed by atoms with E-state index in [0.29, 0.717) is 6.54 Å². The summed E-state index contributed by atoms with van der Waals surface area (Å²) in [5.74, 6) is -1.35. The van der Waals surface area contributed by atoms with Crippen molar-refractivity contribution in [2.75, 3.05) is 6.54 Å². The molecule has 2 aliphatic rings. The second-order valence-electron chi connectivity index (χ2n) is 6.11. The van der Waals surface area contributed by atoms with Crippen molar-refractivity contribution >= 4 is 5.97 Å². The summed E-state index contributed by atoms with van der Waals surface area (Å²) in [6.07, 6.45) is -1.79. The van der Waals surface area contributed by atoms with E-state index in [1.54, 1.807) is 0 Å². The van der Waals surface area contributed by atoms with Crippen LogP contribution in [0.25, 0.3) is 0 Å². The first-order valence-electron chi connectivity index (χ1n) is 7.44. The van der Waals surface area contributed by atoms with Crippen LogP contribution in [0.5, 0.6) is 0 Å². The number of rotatable bonds is 4. The number of nitrogens with one attached hydrogen (secondary N) is 1. The lowest BCUT2D eigenvalue weighted by molar-refractivity contribution is -0.168. The first kappa shape index (κ1) is 15.4. The van der Waals surface area contributed by atoms with Crippen molar-refractivity contribution in [1.82, 2.24) is 5.32 Å². The lowest BCUT2D eigenvalue weighted by Gasteiger charge is -2.24. The summed E-state index contributed by atoms with van der Waals surface area (Å²) in [5, 5.41) is 13.3. The highest BCUT2D eigenvalue weighted by molar-refractivity contribution is 5.75. The van der Waals surface area contributed by atoms with Crippen LogP contribution in [0.3, 0.4) is 0 Å². The number of hydrogen-bond acceptors (Lipinski definition) is 6. The Balaban J connectivity index is 1.57. The smallest absolute Gasteiger partial charge is 0.337 e. The summed E-state index contributed by atoms with van der Waals surface area (Å²) in [6.45, 7) is 4.33. The molecule has 0 radical (unpaired) electrons. The molecule has 0 amide bonds. The Morgan fingerprint density at radius 3 is 2.86 bits per heavy atom. The fourth-order valence-corrected chi connectivity index (χ4v) is 2.95. The number of ether oxygens (including phenoxy) is 3. The Kier molecular flexibility index (Phi) is 4.18. The molecule has 2 fully saturated rings. The molecule has 2 aliphatic heterocycles. The van der Waals surface area contributed by atoms with E-state index in [-0.39, 0.29) is 18.8 Å². The molecule has 6 heteroatoms. The molecule has 4 atom stereocenters. The molecule has 2 N–H and O–H groups in total. The van der Waals surface area contributed by atoms with Gasteiger partial charge in [0, 0.05) is 6.54 Å². The zero-order valence-electron chi connectivity index (χ0n) is 12.7. The van der Waals surface area contributed by atoms with Crippen molar-refractivity contribution in [3.8, 4) is 0 Å². The summed E-state index contributed by atoms with van der Waals surface area (Å²) in [4.78, 5) is 12.0. The molecule has 2 heterocycles. The number of benzene rings is 1. The summed E-state index contributed by atoms with van der Waals surface area (Å²) < 4.78 is 16.7. The van der Waals surface area contributed by atoms with Crippen LogP contribution in [-0.4, -0.2) is 47.8 Å². The van der Waals surface area contributed by atoms with E-state index in [2.05, 4.69) is 5.32 Å². The van der Waals surface area contributed by atoms with Gasteiger partial charge in [0.2, 0.25) is 0 Å². The van der Waals surface area contributed by atoms with Gasteiger partial charge in [-0.2, -0.15) is 0 Å². The Morgan fingerprint density at radius 2 is 2.14 bits per heavy atom. The lowest BCUT2D eigenvalue weighted by atomic mass is 10.1. The summed E-state index contributed by atoms with van der Waals surface area (Å²) in [6, 6.07) is 8.83. The summed E-state index contributed by atoms with van der Waals surface area (Å²) >= 11 is 0. The molecular weight excluding hydrogens is 286 g/mol. The SMILES string of the molecule is CC1(C)O[C@H]2[C@H](CN[C@@H]2C(O)C(=O)OCc2ccccc2)O1. The van der Waals surface area contributed by atoms with E-state index in [1.807, 2.05) is 44.2 Å². The normalized spacial score (nSPS) is 30.8. The Labute approximate surface area is 129 Å². The molecular formula is C16H21NO5. The third-order valence-corrected chi connectivity index (χ3v) is 3.94. The first-order valence-corrected chi connectivity index (χ1v) is 7.44. The third-order valence-electron chi connectivity index (χ3n) is 3.94. The lowest BCUT2D eigenvalue weighted by Crippen LogP contribution is -2.48. The van der Waals surface area contributed by atoms with Crippen molar-refractivity contribution in [3.63, 3.8) is 0 Å². The van der Waals surface area contributed by atoms with Crippen molar-refractivity contribution in [2.24, 2.45) is 0 Å². The highest BCUT2D eigenvalue weighted by atomic mass is 16.8. The quantitative estimate of drug-likeness (QED) is 0.793. The molecule has 2 saturated heterocycles. The number of esters is 1. The molecule has 0 aliphatic carbocycles. The number of carbonyl (C=O) groups is 1. The number of hydrogen-bond donors (Lipinski definition) is 2. The number of aliphatic hydroxyl groups excluding tert-OH is 1. The van der Waals surface area contributed by atoms with Crippen molar-refractivity contribution in [2.45, 2.75) is 50.6 Å². The zero-order valence-corrected chi connectivity index (χ0v) is 12.7. The van der Waals surface area contributed by atoms with Gasteiger partial charge in [0.1, 0.15) is 18.8 Å². The molecule has 3 rings (SSSR count). The van der Waals surface area contributed by atoms with Crippen LogP contribution in [-0.2, 0) is 25.6 Å². The van der Waals surface area contributed by atoms with Gasteiger partial charge < -0.3 is 24.6 Å². The van der Waals surface area contributed by atoms with E-state index in [1.165, 1.54) is 0 Å². The number of aliphatic hydroxyl groups is 1. The maximum Gasteiger partial charge on any atom is 0.337 e. The topological polar surface area (TPSA) is 77.0 Å². The van der Waals surface area contributed by atoms with Crippen LogP contribution >= 0.6 is 0 Å². The van der Waals surface area contributed by atoms with Gasteiger partial charge in [-0.25, -0.2) is 4.79 Å². The molecule has 22 heavy (non-hydrogen) atoms. The number of carbonyl (C=O) groups excluding carboxylic acids is 1. The Bertz CT molecular complexity index is 533. The largest absolute Gasteiger partial charge is 0.459 e. The summed E-state index contributed by atoms with van der Waals surface area (Å²) in [7, 11) is 0. The van der Waals surface area contributed by atoms with Gasteiger partial charge in [-0.1, -0.05) is 30.3 Å². The molecule has 1 unspecified atom stereocenters. The average molecular weight is 307 g/mol. The Hall–Kier alpha value is -1.47. The molecule has 120 valence electrons. The van der Waals surface area contributed by atoms with Crippen LogP contribution in [0.4, 0.5) is 0 Å². The van der Waals surface area contributed by atoms with Crippen molar-refractivity contribution in [3.05, 3.63) is 35.9 Å². The van der Waals surface area contributed by atoms with E-state index < -0.39 is 23.9 Å². The molecule has 1 aromatic rings. The van der Waals surface area contributed by atoms with Gasteiger partial charge in [0.05, 0.1) is 6.04 Å². The van der Waals surface area contributed by atoms with Gasteiger partial charge in [0.15, 0.2) is 11.9 Å². The zero-order chi connectivity index (χ0) is 15.7. The molecule has 0 saturated carbocycles. The van der Waals surface area contributed by atoms with Gasteiger partial charge in [-0.05, 0) is 19.4 Å². The molecule has 1 aromatic carbocycles. The second-order valence-corrected chi connectivity index (χ2v) is 6.11. The Morgan fingerprint density at radius 1 is 1.41 bits per heavy atom. The summed E-state index contributed by atoms with van der Waals surface area (Å²) in [5.41, 5.74) is 0.877. The van der Waals surface area contributed by atoms with Crippen molar-refractivity contribution in [1.29, 1.82) is 0 Å². The molecule has 6 nitrogen and oxygen atoms in total. The fourth-order valence-electron chi connectivity index (χ4n) is 2.95. The van der Waals surface area contributed by atoms with Crippen LogP contribution in [0.1, 0.15) is 19.4 Å². The first-order chi connectivity index (χ1) is 10.5. The third kappa shape index (κ3) is 3.15. The van der Waals surface area contributed by atoms with Crippen LogP contribution in [0.15, 0.2) is 30.3 Å². The fraction of sp³-hybridized carbons (Fsp3) is 0.562. The highest BCUT2D eigenvalue weighted by Crippen LogP contribution is 2.33. The predicted molar refractivity (Wildman–Crippen MR) is 77.9 cm³/mol. The average Bonchev–Trinajstić information content (AvgIpc) is 3.00. The van der Waals surface area contributed by atoms with Gasteiger partial charge in [0.25, 0.3) is 0 Å². The van der Waals surface area contributed by atoms with E-state index in [9.17, 15) is 9.90 Å². The highest BCUT2D eigenvalue weighted by Gasteiger charge is 2.52. The monoisotopic (exact) mass is 307 g/mol. The van der Waals surface area contributed by atoms with Gasteiger partial charge in [-0.3, -0.25) is 0 Å². The minimum Gasteiger partial charge on any atom is -0.459 e. The van der Waals surface area contributed by atoms with E-state index in [0.717, 1.165) is 5.56 Å². The molecule has 0 aromatic heterocycles. The van der Waals surface area contributed by atoms with E-state index in [4.69, 9.17) is 14.2 Å². The van der Waals surface area contributed by atoms with E-state index >= 15 is 0 Å². The van der Waals surface area contributed by atoms with Crippen LogP contribution in [0, 0.1) is 0 Å². The standard InChI is InChI=1S/C16H21NO5/c1-16(2)21-11-8-17-12(14(11)22-16)13(18)15(19)20-9-10-6-4-3-5-7-10/h3-7,11-14,17-18H,8-9H2,1-2H3/t11-,12+,13?,14-/m0/s1. The second kappa shape index (κ2) is 5.96. The van der Waals surface area contributed by atoms with Crippen LogP contribution in [0.2, 0.25) is 0 Å². The van der Waals surface area contributed by atoms with Crippen LogP contribution < -0.4 is 5.32 Å².